The fourth-order valence-corrected chi connectivity index (χ4v) is 3.76. The number of ketones is 1. The molecule has 0 bridgehead atoms. The summed E-state index contributed by atoms with van der Waals surface area (Å²) in [6.45, 7) is 0. The third-order valence-corrected chi connectivity index (χ3v) is 5.11. The van der Waals surface area contributed by atoms with Crippen LogP contribution in [-0.4, -0.2) is 30.5 Å². The second-order valence-electron chi connectivity index (χ2n) is 6.43. The van der Waals surface area contributed by atoms with E-state index in [0.717, 1.165) is 0 Å². The highest BCUT2D eigenvalue weighted by Gasteiger charge is 2.56. The molecule has 1 aromatic rings. The van der Waals surface area contributed by atoms with Crippen LogP contribution in [0.3, 0.4) is 0 Å². The summed E-state index contributed by atoms with van der Waals surface area (Å²) in [5.74, 6) is -2.82. The van der Waals surface area contributed by atoms with E-state index < -0.39 is 29.5 Å². The van der Waals surface area contributed by atoms with Gasteiger partial charge in [0.25, 0.3) is 0 Å². The van der Waals surface area contributed by atoms with Crippen LogP contribution < -0.4 is 10.1 Å². The Morgan fingerprint density at radius 3 is 2.38 bits per heavy atom. The zero-order valence-corrected chi connectivity index (χ0v) is 13.2. The van der Waals surface area contributed by atoms with Crippen molar-refractivity contribution < 1.29 is 27.5 Å². The largest absolute Gasteiger partial charge is 0.496 e. The van der Waals surface area contributed by atoms with Crippen LogP contribution >= 0.6 is 0 Å². The minimum absolute atomic E-state index is 0.0212. The number of hydrogen-bond donors (Lipinski definition) is 1. The average molecular weight is 341 g/mol. The summed E-state index contributed by atoms with van der Waals surface area (Å²) in [5.41, 5.74) is -0.720. The Kier molecular flexibility index (Phi) is 4.05. The Morgan fingerprint density at radius 1 is 1.17 bits per heavy atom. The summed E-state index contributed by atoms with van der Waals surface area (Å²) in [4.78, 5) is 25.3. The van der Waals surface area contributed by atoms with Gasteiger partial charge in [-0.2, -0.15) is 13.2 Å². The van der Waals surface area contributed by atoms with Crippen molar-refractivity contribution >= 4 is 11.7 Å². The first kappa shape index (κ1) is 16.8. The molecule has 1 spiro atoms. The lowest BCUT2D eigenvalue weighted by atomic mass is 9.73. The Bertz CT molecular complexity index is 663. The molecule has 1 saturated carbocycles. The Labute approximate surface area is 137 Å². The lowest BCUT2D eigenvalue weighted by Crippen LogP contribution is -2.50. The number of rotatable bonds is 2. The maximum atomic E-state index is 12.9. The molecule has 3 rings (SSSR count). The number of nitrogens with one attached hydrogen (secondary N) is 1. The number of benzene rings is 1. The second kappa shape index (κ2) is 5.79. The van der Waals surface area contributed by atoms with Gasteiger partial charge in [0, 0.05) is 5.56 Å². The Hall–Kier alpha value is -2.05. The van der Waals surface area contributed by atoms with Crippen molar-refractivity contribution in [3.63, 3.8) is 0 Å². The normalized spacial score (nSPS) is 30.5. The van der Waals surface area contributed by atoms with Gasteiger partial charge in [0.1, 0.15) is 11.7 Å². The molecule has 1 aliphatic carbocycles. The summed E-state index contributed by atoms with van der Waals surface area (Å²) in [6, 6.07) is 6.72. The van der Waals surface area contributed by atoms with Gasteiger partial charge >= 0.3 is 6.18 Å². The maximum absolute atomic E-state index is 12.9. The molecule has 1 heterocycles. The van der Waals surface area contributed by atoms with E-state index in [2.05, 4.69) is 5.32 Å². The molecule has 1 atom stereocenters. The molecule has 0 aromatic heterocycles. The number of ether oxygens (including phenoxy) is 1. The number of hydrogen-bond acceptors (Lipinski definition) is 3. The lowest BCUT2D eigenvalue weighted by Gasteiger charge is -2.36. The van der Waals surface area contributed by atoms with Crippen molar-refractivity contribution in [2.45, 2.75) is 43.3 Å². The lowest BCUT2D eigenvalue weighted by molar-refractivity contribution is -0.185. The van der Waals surface area contributed by atoms with Gasteiger partial charge in [0.15, 0.2) is 5.78 Å². The average Bonchev–Trinajstić information content (AvgIpc) is 2.77. The summed E-state index contributed by atoms with van der Waals surface area (Å²) in [7, 11) is 1.44. The highest BCUT2D eigenvalue weighted by atomic mass is 19.4. The van der Waals surface area contributed by atoms with E-state index in [-0.39, 0.29) is 31.5 Å². The fourth-order valence-electron chi connectivity index (χ4n) is 3.76. The van der Waals surface area contributed by atoms with Crippen molar-refractivity contribution in [2.24, 2.45) is 5.92 Å². The predicted molar refractivity (Wildman–Crippen MR) is 79.6 cm³/mol. The zero-order valence-electron chi connectivity index (χ0n) is 13.2. The minimum atomic E-state index is -4.25. The molecule has 1 amide bonds. The molecular formula is C17H18F3NO3. The highest BCUT2D eigenvalue weighted by Crippen LogP contribution is 2.46. The molecule has 1 N–H and O–H groups in total. The van der Waals surface area contributed by atoms with Crippen molar-refractivity contribution in [2.75, 3.05) is 7.11 Å². The molecule has 24 heavy (non-hydrogen) atoms. The molecular weight excluding hydrogens is 323 g/mol. The number of para-hydroxylation sites is 1. The van der Waals surface area contributed by atoms with Gasteiger partial charge in [-0.1, -0.05) is 18.2 Å². The van der Waals surface area contributed by atoms with Gasteiger partial charge in [-0.25, -0.2) is 0 Å². The molecule has 2 fully saturated rings. The zero-order chi connectivity index (χ0) is 17.5. The van der Waals surface area contributed by atoms with Crippen LogP contribution in [0.1, 0.15) is 37.2 Å². The quantitative estimate of drug-likeness (QED) is 0.842. The molecule has 7 heteroatoms. The van der Waals surface area contributed by atoms with Crippen LogP contribution in [0.2, 0.25) is 0 Å². The third kappa shape index (κ3) is 2.65. The van der Waals surface area contributed by atoms with E-state index in [1.165, 1.54) is 7.11 Å². The van der Waals surface area contributed by atoms with Crippen LogP contribution in [0.15, 0.2) is 24.3 Å². The number of carbonyl (C=O) groups is 2. The molecule has 1 saturated heterocycles. The van der Waals surface area contributed by atoms with Gasteiger partial charge in [-0.15, -0.1) is 0 Å². The van der Waals surface area contributed by atoms with Crippen molar-refractivity contribution in [3.05, 3.63) is 29.8 Å². The van der Waals surface area contributed by atoms with E-state index in [0.29, 0.717) is 11.3 Å². The van der Waals surface area contributed by atoms with Crippen LogP contribution in [0, 0.1) is 5.92 Å². The van der Waals surface area contributed by atoms with Gasteiger partial charge in [-0.3, -0.25) is 9.59 Å². The molecule has 1 aliphatic heterocycles. The second-order valence-corrected chi connectivity index (χ2v) is 6.43. The van der Waals surface area contributed by atoms with E-state index >= 15 is 0 Å². The van der Waals surface area contributed by atoms with Crippen molar-refractivity contribution in [1.82, 2.24) is 5.32 Å². The first-order valence-corrected chi connectivity index (χ1v) is 7.84. The number of amides is 1. The number of alkyl halides is 3. The van der Waals surface area contributed by atoms with Gasteiger partial charge in [0.05, 0.1) is 18.6 Å². The first-order valence-electron chi connectivity index (χ1n) is 7.84. The third-order valence-electron chi connectivity index (χ3n) is 5.11. The van der Waals surface area contributed by atoms with Gasteiger partial charge in [-0.05, 0) is 31.7 Å². The van der Waals surface area contributed by atoms with E-state index in [4.69, 9.17) is 4.74 Å². The van der Waals surface area contributed by atoms with Crippen molar-refractivity contribution in [3.8, 4) is 5.75 Å². The van der Waals surface area contributed by atoms with E-state index in [1.54, 1.807) is 24.3 Å². The summed E-state index contributed by atoms with van der Waals surface area (Å²) >= 11 is 0. The van der Waals surface area contributed by atoms with Crippen molar-refractivity contribution in [1.29, 1.82) is 0 Å². The van der Waals surface area contributed by atoms with Gasteiger partial charge < -0.3 is 10.1 Å². The SMILES string of the molecule is COc1ccccc1C1C(=O)NC2(CCC(C(F)(F)F)CC2)C1=O. The Morgan fingerprint density at radius 2 is 1.79 bits per heavy atom. The fraction of sp³-hybridized carbons (Fsp3) is 0.529. The number of methoxy groups -OCH3 is 1. The topological polar surface area (TPSA) is 55.4 Å². The minimum Gasteiger partial charge on any atom is -0.496 e. The summed E-state index contributed by atoms with van der Waals surface area (Å²) < 4.78 is 43.7. The van der Waals surface area contributed by atoms with Crippen LogP contribution in [0.4, 0.5) is 13.2 Å². The van der Waals surface area contributed by atoms with E-state index in [1.807, 2.05) is 0 Å². The number of Topliss-reactive ketones (excluding diaryl/α,β-unsaturated/α-hetero) is 1. The first-order chi connectivity index (χ1) is 11.3. The molecule has 1 aromatic carbocycles. The van der Waals surface area contributed by atoms with Crippen LogP contribution in [-0.2, 0) is 9.59 Å². The highest BCUT2D eigenvalue weighted by molar-refractivity contribution is 6.17. The summed E-state index contributed by atoms with van der Waals surface area (Å²) in [5, 5.41) is 2.68. The molecule has 1 unspecified atom stereocenters. The van der Waals surface area contributed by atoms with E-state index in [9.17, 15) is 22.8 Å². The number of carbonyl (C=O) groups excluding carboxylic acids is 2. The monoisotopic (exact) mass is 341 g/mol. The number of halogens is 3. The predicted octanol–water partition coefficient (Wildman–Crippen LogP) is 2.97. The Balaban J connectivity index is 1.85. The van der Waals surface area contributed by atoms with Crippen LogP contribution in [0.5, 0.6) is 5.75 Å². The molecule has 4 nitrogen and oxygen atoms in total. The molecule has 2 aliphatic rings. The smallest absolute Gasteiger partial charge is 0.391 e. The standard InChI is InChI=1S/C17H18F3NO3/c1-24-12-5-3-2-4-11(12)13-14(22)16(21-15(13)23)8-6-10(7-9-16)17(18,19)20/h2-5,10,13H,6-9H2,1H3,(H,21,23). The molecule has 0 radical (unpaired) electrons. The van der Waals surface area contributed by atoms with Gasteiger partial charge in [0.2, 0.25) is 5.91 Å². The summed E-state index contributed by atoms with van der Waals surface area (Å²) in [6.07, 6.45) is -4.50. The molecule has 130 valence electrons. The maximum Gasteiger partial charge on any atom is 0.391 e. The van der Waals surface area contributed by atoms with Crippen LogP contribution in [0.25, 0.3) is 0 Å².